The van der Waals surface area contributed by atoms with E-state index in [4.69, 9.17) is 11.0 Å². The van der Waals surface area contributed by atoms with Gasteiger partial charge < -0.3 is 11.1 Å². The summed E-state index contributed by atoms with van der Waals surface area (Å²) in [5.74, 6) is 0.187. The van der Waals surface area contributed by atoms with Crippen LogP contribution < -0.4 is 11.1 Å². The van der Waals surface area contributed by atoms with Crippen LogP contribution >= 0.6 is 0 Å². The first-order chi connectivity index (χ1) is 9.97. The molecular weight excluding hydrogens is 269 g/mol. The summed E-state index contributed by atoms with van der Waals surface area (Å²) in [5.41, 5.74) is 5.95. The van der Waals surface area contributed by atoms with Gasteiger partial charge in [-0.25, -0.2) is 4.39 Å². The van der Waals surface area contributed by atoms with Gasteiger partial charge in [0.15, 0.2) is 0 Å². The maximum atomic E-state index is 13.2. The van der Waals surface area contributed by atoms with Gasteiger partial charge in [-0.15, -0.1) is 0 Å². The van der Waals surface area contributed by atoms with Crippen molar-refractivity contribution in [2.24, 2.45) is 17.6 Å². The Hall–Kier alpha value is -1.93. The molecule has 0 aliphatic rings. The van der Waals surface area contributed by atoms with Crippen LogP contribution in [0.3, 0.4) is 0 Å². The molecule has 1 rings (SSSR count). The van der Waals surface area contributed by atoms with E-state index < -0.39 is 5.82 Å². The van der Waals surface area contributed by atoms with Gasteiger partial charge in [0.2, 0.25) is 5.91 Å². The van der Waals surface area contributed by atoms with Crippen molar-refractivity contribution in [2.75, 3.05) is 11.9 Å². The average molecular weight is 291 g/mol. The number of nitrogens with two attached hydrogens (primary N) is 1. The lowest BCUT2D eigenvalue weighted by molar-refractivity contribution is -0.116. The number of carbonyl (C=O) groups is 1. The molecule has 21 heavy (non-hydrogen) atoms. The number of rotatable bonds is 7. The molecule has 0 fully saturated rings. The topological polar surface area (TPSA) is 78.9 Å². The van der Waals surface area contributed by atoms with Gasteiger partial charge in [-0.05, 0) is 49.4 Å². The Balaban J connectivity index is 2.56. The average Bonchev–Trinajstić information content (AvgIpc) is 2.45. The zero-order valence-electron chi connectivity index (χ0n) is 12.5. The first kappa shape index (κ1) is 17.1. The van der Waals surface area contributed by atoms with E-state index in [1.165, 1.54) is 18.2 Å². The number of anilines is 1. The minimum Gasteiger partial charge on any atom is -0.330 e. The maximum absolute atomic E-state index is 13.2. The molecule has 0 aromatic heterocycles. The third kappa shape index (κ3) is 5.52. The third-order valence-electron chi connectivity index (χ3n) is 3.59. The number of amides is 1. The smallest absolute Gasteiger partial charge is 0.224 e. The molecule has 1 aromatic carbocycles. The van der Waals surface area contributed by atoms with Crippen LogP contribution in [0, 0.1) is 29.0 Å². The van der Waals surface area contributed by atoms with Crippen molar-refractivity contribution in [1.82, 2.24) is 0 Å². The van der Waals surface area contributed by atoms with Gasteiger partial charge in [0.1, 0.15) is 11.9 Å². The Morgan fingerprint density at radius 2 is 2.14 bits per heavy atom. The van der Waals surface area contributed by atoms with Crippen molar-refractivity contribution in [2.45, 2.75) is 33.1 Å². The summed E-state index contributed by atoms with van der Waals surface area (Å²) in [6, 6.07) is 5.72. The molecule has 0 bridgehead atoms. The molecule has 0 spiro atoms. The number of hydrogen-bond acceptors (Lipinski definition) is 3. The van der Waals surface area contributed by atoms with Crippen molar-refractivity contribution in [3.8, 4) is 6.07 Å². The van der Waals surface area contributed by atoms with Crippen molar-refractivity contribution >= 4 is 11.6 Å². The fourth-order valence-electron chi connectivity index (χ4n) is 2.25. The highest BCUT2D eigenvalue weighted by atomic mass is 19.1. The van der Waals surface area contributed by atoms with E-state index in [2.05, 4.69) is 19.2 Å². The van der Waals surface area contributed by atoms with Crippen molar-refractivity contribution in [1.29, 1.82) is 5.26 Å². The monoisotopic (exact) mass is 291 g/mol. The van der Waals surface area contributed by atoms with Crippen LogP contribution in [-0.4, -0.2) is 12.5 Å². The van der Waals surface area contributed by atoms with Crippen molar-refractivity contribution < 1.29 is 9.18 Å². The summed E-state index contributed by atoms with van der Waals surface area (Å²) in [6.45, 7) is 4.86. The summed E-state index contributed by atoms with van der Waals surface area (Å²) >= 11 is 0. The van der Waals surface area contributed by atoms with E-state index in [0.717, 1.165) is 12.8 Å². The van der Waals surface area contributed by atoms with Crippen LogP contribution in [0.15, 0.2) is 18.2 Å². The van der Waals surface area contributed by atoms with Crippen molar-refractivity contribution in [3.05, 3.63) is 29.6 Å². The number of halogens is 1. The predicted molar refractivity (Wildman–Crippen MR) is 81.0 cm³/mol. The van der Waals surface area contributed by atoms with Crippen LogP contribution in [-0.2, 0) is 4.79 Å². The van der Waals surface area contributed by atoms with E-state index in [-0.39, 0.29) is 11.5 Å². The van der Waals surface area contributed by atoms with Crippen molar-refractivity contribution in [3.63, 3.8) is 0 Å². The molecule has 1 unspecified atom stereocenters. The normalized spacial score (nSPS) is 12.0. The summed E-state index contributed by atoms with van der Waals surface area (Å²) in [5, 5.41) is 11.5. The first-order valence-electron chi connectivity index (χ1n) is 7.17. The van der Waals surface area contributed by atoms with Crippen LogP contribution in [0.5, 0.6) is 0 Å². The SMILES string of the molecule is CC(C)C(CCN)CCC(=O)Nc1ccc(F)c(C#N)c1. The molecular formula is C16H22FN3O. The second-order valence-electron chi connectivity index (χ2n) is 5.47. The molecule has 1 atom stereocenters. The molecule has 1 aromatic rings. The van der Waals surface area contributed by atoms with Crippen LogP contribution in [0.1, 0.15) is 38.7 Å². The molecule has 0 aliphatic heterocycles. The van der Waals surface area contributed by atoms with Gasteiger partial charge in [-0.3, -0.25) is 4.79 Å². The Bertz CT molecular complexity index is 523. The number of nitriles is 1. The highest BCUT2D eigenvalue weighted by molar-refractivity contribution is 5.90. The van der Waals surface area contributed by atoms with Gasteiger partial charge in [-0.1, -0.05) is 13.8 Å². The van der Waals surface area contributed by atoms with Gasteiger partial charge in [-0.2, -0.15) is 5.26 Å². The van der Waals surface area contributed by atoms with E-state index >= 15 is 0 Å². The van der Waals surface area contributed by atoms with Crippen LogP contribution in [0.2, 0.25) is 0 Å². The number of nitrogens with one attached hydrogen (secondary N) is 1. The molecule has 0 aliphatic carbocycles. The Kier molecular flexibility index (Phi) is 6.83. The number of carbonyl (C=O) groups excluding carboxylic acids is 1. The number of benzene rings is 1. The predicted octanol–water partition coefficient (Wildman–Crippen LogP) is 3.04. The molecule has 1 amide bonds. The third-order valence-corrected chi connectivity index (χ3v) is 3.59. The quantitative estimate of drug-likeness (QED) is 0.810. The lowest BCUT2D eigenvalue weighted by atomic mass is 9.88. The summed E-state index contributed by atoms with van der Waals surface area (Å²) in [7, 11) is 0. The Morgan fingerprint density at radius 3 is 2.71 bits per heavy atom. The minimum atomic E-state index is -0.585. The van der Waals surface area contributed by atoms with Crippen LogP contribution in [0.25, 0.3) is 0 Å². The van der Waals surface area contributed by atoms with Gasteiger partial charge >= 0.3 is 0 Å². The molecule has 5 heteroatoms. The molecule has 4 nitrogen and oxygen atoms in total. The maximum Gasteiger partial charge on any atom is 0.224 e. The number of hydrogen-bond donors (Lipinski definition) is 2. The highest BCUT2D eigenvalue weighted by Gasteiger charge is 2.14. The Labute approximate surface area is 125 Å². The van der Waals surface area contributed by atoms with Gasteiger partial charge in [0.25, 0.3) is 0 Å². The fourth-order valence-corrected chi connectivity index (χ4v) is 2.25. The zero-order valence-corrected chi connectivity index (χ0v) is 12.5. The van der Waals surface area contributed by atoms with Gasteiger partial charge in [0, 0.05) is 12.1 Å². The van der Waals surface area contributed by atoms with E-state index in [9.17, 15) is 9.18 Å². The summed E-state index contributed by atoms with van der Waals surface area (Å²) < 4.78 is 13.2. The van der Waals surface area contributed by atoms with E-state index in [0.29, 0.717) is 30.5 Å². The summed E-state index contributed by atoms with van der Waals surface area (Å²) in [6.07, 6.45) is 2.06. The standard InChI is InChI=1S/C16H22FN3O/c1-11(2)12(7-8-18)3-6-16(21)20-14-4-5-15(17)13(9-14)10-19/h4-5,9,11-12H,3,6-8,18H2,1-2H3,(H,20,21). The zero-order chi connectivity index (χ0) is 15.8. The molecule has 114 valence electrons. The molecule has 0 saturated heterocycles. The van der Waals surface area contributed by atoms with E-state index in [1.54, 1.807) is 6.07 Å². The summed E-state index contributed by atoms with van der Waals surface area (Å²) in [4.78, 5) is 11.9. The molecule has 0 radical (unpaired) electrons. The molecule has 0 heterocycles. The number of nitrogens with zero attached hydrogens (tertiary/aromatic N) is 1. The lowest BCUT2D eigenvalue weighted by Gasteiger charge is -2.19. The Morgan fingerprint density at radius 1 is 1.43 bits per heavy atom. The lowest BCUT2D eigenvalue weighted by Crippen LogP contribution is -2.18. The molecule has 0 saturated carbocycles. The fraction of sp³-hybridized carbons (Fsp3) is 0.500. The minimum absolute atomic E-state index is 0.0732. The second-order valence-corrected chi connectivity index (χ2v) is 5.47. The highest BCUT2D eigenvalue weighted by Crippen LogP contribution is 2.21. The van der Waals surface area contributed by atoms with E-state index in [1.807, 2.05) is 0 Å². The van der Waals surface area contributed by atoms with Crippen LogP contribution in [0.4, 0.5) is 10.1 Å². The molecule has 3 N–H and O–H groups in total. The second kappa shape index (κ2) is 8.38. The first-order valence-corrected chi connectivity index (χ1v) is 7.17. The van der Waals surface area contributed by atoms with Gasteiger partial charge in [0.05, 0.1) is 5.56 Å². The largest absolute Gasteiger partial charge is 0.330 e.